The summed E-state index contributed by atoms with van der Waals surface area (Å²) in [5.74, 6) is -0.154. The van der Waals surface area contributed by atoms with E-state index in [4.69, 9.17) is 4.74 Å². The Hall–Kier alpha value is -1.46. The first kappa shape index (κ1) is 16.4. The maximum absolute atomic E-state index is 13.0. The van der Waals surface area contributed by atoms with Gasteiger partial charge in [0, 0.05) is 6.04 Å². The fourth-order valence-electron chi connectivity index (χ4n) is 4.04. The number of nitrogens with zero attached hydrogens (tertiary/aromatic N) is 1. The van der Waals surface area contributed by atoms with Crippen LogP contribution in [-0.4, -0.2) is 48.3 Å². The highest BCUT2D eigenvalue weighted by Gasteiger charge is 2.41. The summed E-state index contributed by atoms with van der Waals surface area (Å²) < 4.78 is 17.8. The molecular formula is C18H24FNO3. The Morgan fingerprint density at radius 1 is 1.22 bits per heavy atom. The minimum Gasteiger partial charge on any atom is -0.469 e. The number of rotatable bonds is 3. The fourth-order valence-corrected chi connectivity index (χ4v) is 4.04. The lowest BCUT2D eigenvalue weighted by Crippen LogP contribution is -2.44. The Morgan fingerprint density at radius 2 is 1.87 bits per heavy atom. The van der Waals surface area contributed by atoms with Crippen LogP contribution in [0.2, 0.25) is 0 Å². The van der Waals surface area contributed by atoms with Crippen LogP contribution < -0.4 is 0 Å². The maximum Gasteiger partial charge on any atom is 0.308 e. The number of likely N-dealkylation sites (tertiary alicyclic amines) is 1. The number of piperidine rings is 1. The van der Waals surface area contributed by atoms with Gasteiger partial charge < -0.3 is 9.84 Å². The van der Waals surface area contributed by atoms with E-state index in [1.54, 1.807) is 0 Å². The van der Waals surface area contributed by atoms with Crippen molar-refractivity contribution in [1.82, 2.24) is 4.90 Å². The topological polar surface area (TPSA) is 49.8 Å². The third kappa shape index (κ3) is 3.56. The summed E-state index contributed by atoms with van der Waals surface area (Å²) >= 11 is 0. The Bertz CT molecular complexity index is 540. The molecule has 3 rings (SSSR count). The van der Waals surface area contributed by atoms with Crippen molar-refractivity contribution >= 4 is 5.97 Å². The number of halogens is 1. The number of esters is 1. The molecule has 23 heavy (non-hydrogen) atoms. The normalized spacial score (nSPS) is 29.6. The molecule has 0 aromatic heterocycles. The number of aliphatic hydroxyl groups is 1. The minimum absolute atomic E-state index is 0.0493. The quantitative estimate of drug-likeness (QED) is 0.868. The molecule has 1 saturated carbocycles. The SMILES string of the molecule is COC(=O)[C@H]1C[C@@H](N2CCC(c3ccc(F)cc3)CC2)[C@@H](O)C1. The molecule has 1 aliphatic heterocycles. The van der Waals surface area contributed by atoms with Crippen LogP contribution in [-0.2, 0) is 9.53 Å². The number of carbonyl (C=O) groups is 1. The first-order chi connectivity index (χ1) is 11.1. The highest BCUT2D eigenvalue weighted by atomic mass is 19.1. The van der Waals surface area contributed by atoms with E-state index in [2.05, 4.69) is 4.90 Å². The van der Waals surface area contributed by atoms with Crippen molar-refractivity contribution < 1.29 is 19.0 Å². The molecule has 2 aliphatic rings. The van der Waals surface area contributed by atoms with E-state index in [0.29, 0.717) is 18.8 Å². The number of carbonyl (C=O) groups excluding carboxylic acids is 1. The highest BCUT2D eigenvalue weighted by Crippen LogP contribution is 2.35. The van der Waals surface area contributed by atoms with Crippen molar-refractivity contribution in [3.05, 3.63) is 35.6 Å². The van der Waals surface area contributed by atoms with Crippen LogP contribution in [0.4, 0.5) is 4.39 Å². The molecule has 1 aromatic carbocycles. The van der Waals surface area contributed by atoms with Crippen LogP contribution >= 0.6 is 0 Å². The highest BCUT2D eigenvalue weighted by molar-refractivity contribution is 5.72. The Labute approximate surface area is 136 Å². The predicted octanol–water partition coefficient (Wildman–Crippen LogP) is 2.32. The number of benzene rings is 1. The second-order valence-corrected chi connectivity index (χ2v) is 6.69. The number of methoxy groups -OCH3 is 1. The third-order valence-corrected chi connectivity index (χ3v) is 5.37. The summed E-state index contributed by atoms with van der Waals surface area (Å²) in [4.78, 5) is 14.0. The molecular weight excluding hydrogens is 297 g/mol. The number of hydrogen-bond acceptors (Lipinski definition) is 4. The monoisotopic (exact) mass is 321 g/mol. The molecule has 0 spiro atoms. The van der Waals surface area contributed by atoms with Crippen LogP contribution in [0.25, 0.3) is 0 Å². The van der Waals surface area contributed by atoms with Gasteiger partial charge in [-0.2, -0.15) is 0 Å². The molecule has 2 fully saturated rings. The van der Waals surface area contributed by atoms with E-state index in [-0.39, 0.29) is 23.7 Å². The van der Waals surface area contributed by atoms with Gasteiger partial charge in [0.05, 0.1) is 19.1 Å². The molecule has 1 aromatic rings. The first-order valence-electron chi connectivity index (χ1n) is 8.34. The molecule has 5 heteroatoms. The Balaban J connectivity index is 1.56. The second kappa shape index (κ2) is 6.97. The molecule has 126 valence electrons. The zero-order valence-electron chi connectivity index (χ0n) is 13.5. The van der Waals surface area contributed by atoms with Gasteiger partial charge in [0.2, 0.25) is 0 Å². The number of ether oxygens (including phenoxy) is 1. The minimum atomic E-state index is -0.457. The van der Waals surface area contributed by atoms with Crippen molar-refractivity contribution in [2.75, 3.05) is 20.2 Å². The largest absolute Gasteiger partial charge is 0.469 e. The molecule has 0 unspecified atom stereocenters. The third-order valence-electron chi connectivity index (χ3n) is 5.37. The van der Waals surface area contributed by atoms with Crippen molar-refractivity contribution in [2.24, 2.45) is 5.92 Å². The van der Waals surface area contributed by atoms with Crippen molar-refractivity contribution in [1.29, 1.82) is 0 Å². The van der Waals surface area contributed by atoms with Gasteiger partial charge in [0.1, 0.15) is 5.82 Å². The van der Waals surface area contributed by atoms with Crippen molar-refractivity contribution in [3.63, 3.8) is 0 Å². The molecule has 1 aliphatic carbocycles. The summed E-state index contributed by atoms with van der Waals surface area (Å²) in [5.41, 5.74) is 1.19. The van der Waals surface area contributed by atoms with E-state index < -0.39 is 6.10 Å². The average molecular weight is 321 g/mol. The number of aliphatic hydroxyl groups excluding tert-OH is 1. The van der Waals surface area contributed by atoms with Gasteiger partial charge in [0.15, 0.2) is 0 Å². The fraction of sp³-hybridized carbons (Fsp3) is 0.611. The van der Waals surface area contributed by atoms with Gasteiger partial charge in [-0.05, 0) is 62.4 Å². The van der Waals surface area contributed by atoms with Crippen LogP contribution in [0, 0.1) is 11.7 Å². The molecule has 4 nitrogen and oxygen atoms in total. The van der Waals surface area contributed by atoms with Gasteiger partial charge in [-0.25, -0.2) is 4.39 Å². The van der Waals surface area contributed by atoms with Gasteiger partial charge in [-0.1, -0.05) is 12.1 Å². The number of hydrogen-bond donors (Lipinski definition) is 1. The predicted molar refractivity (Wildman–Crippen MR) is 84.5 cm³/mol. The van der Waals surface area contributed by atoms with Gasteiger partial charge in [-0.3, -0.25) is 9.69 Å². The first-order valence-corrected chi connectivity index (χ1v) is 8.34. The standard InChI is InChI=1S/C18H24FNO3/c1-23-18(22)14-10-16(17(21)11-14)20-8-6-13(7-9-20)12-2-4-15(19)5-3-12/h2-5,13-14,16-17,21H,6-11H2,1H3/t14-,16+,17-/m0/s1. The lowest BCUT2D eigenvalue weighted by molar-refractivity contribution is -0.145. The summed E-state index contributed by atoms with van der Waals surface area (Å²) in [5, 5.41) is 10.3. The molecule has 3 atom stereocenters. The summed E-state index contributed by atoms with van der Waals surface area (Å²) in [7, 11) is 1.40. The maximum atomic E-state index is 13.0. The molecule has 0 bridgehead atoms. The Kier molecular flexibility index (Phi) is 4.97. The zero-order chi connectivity index (χ0) is 16.4. The van der Waals surface area contributed by atoms with E-state index in [0.717, 1.165) is 25.9 Å². The molecule has 1 saturated heterocycles. The van der Waals surface area contributed by atoms with E-state index in [1.807, 2.05) is 12.1 Å². The van der Waals surface area contributed by atoms with Crippen molar-refractivity contribution in [2.45, 2.75) is 43.7 Å². The lowest BCUT2D eigenvalue weighted by Gasteiger charge is -2.37. The van der Waals surface area contributed by atoms with Gasteiger partial charge >= 0.3 is 5.97 Å². The van der Waals surface area contributed by atoms with E-state index in [9.17, 15) is 14.3 Å². The second-order valence-electron chi connectivity index (χ2n) is 6.69. The molecule has 1 N–H and O–H groups in total. The molecule has 0 amide bonds. The van der Waals surface area contributed by atoms with Crippen molar-refractivity contribution in [3.8, 4) is 0 Å². The smallest absolute Gasteiger partial charge is 0.308 e. The van der Waals surface area contributed by atoms with Gasteiger partial charge in [0.25, 0.3) is 0 Å². The summed E-state index contributed by atoms with van der Waals surface area (Å²) in [6.07, 6.45) is 2.71. The zero-order valence-corrected chi connectivity index (χ0v) is 13.5. The Morgan fingerprint density at radius 3 is 2.48 bits per heavy atom. The molecule has 1 heterocycles. The van der Waals surface area contributed by atoms with E-state index in [1.165, 1.54) is 24.8 Å². The molecule has 0 radical (unpaired) electrons. The van der Waals surface area contributed by atoms with Crippen LogP contribution in [0.3, 0.4) is 0 Å². The summed E-state index contributed by atoms with van der Waals surface area (Å²) in [6.45, 7) is 1.80. The summed E-state index contributed by atoms with van der Waals surface area (Å²) in [6, 6.07) is 6.82. The van der Waals surface area contributed by atoms with Crippen LogP contribution in [0.1, 0.15) is 37.2 Å². The van der Waals surface area contributed by atoms with E-state index >= 15 is 0 Å². The van der Waals surface area contributed by atoms with Crippen LogP contribution in [0.15, 0.2) is 24.3 Å². The van der Waals surface area contributed by atoms with Gasteiger partial charge in [-0.15, -0.1) is 0 Å². The lowest BCUT2D eigenvalue weighted by atomic mass is 9.88. The van der Waals surface area contributed by atoms with Crippen LogP contribution in [0.5, 0.6) is 0 Å². The average Bonchev–Trinajstić information content (AvgIpc) is 2.97.